The molecule has 1 aliphatic heterocycles. The highest BCUT2D eigenvalue weighted by atomic mass is 16.5. The summed E-state index contributed by atoms with van der Waals surface area (Å²) in [4.78, 5) is 14.0. The van der Waals surface area contributed by atoms with Gasteiger partial charge in [0, 0.05) is 32.4 Å². The van der Waals surface area contributed by atoms with Crippen LogP contribution in [0, 0.1) is 0 Å². The Morgan fingerprint density at radius 3 is 2.95 bits per heavy atom. The van der Waals surface area contributed by atoms with E-state index in [1.54, 1.807) is 0 Å². The molecular formula is C15H23N3O2. The molecule has 1 aromatic rings. The standard InChI is InChI=1S/C15H23N3O2/c1-18(13-6-3-2-4-7-13)10-5-8-17-15(19)14-12-20-11-9-16-14/h2-4,6-7,14,16H,5,8-12H2,1H3,(H,17,19). The van der Waals surface area contributed by atoms with Crippen molar-refractivity contribution >= 4 is 11.6 Å². The molecule has 0 bridgehead atoms. The van der Waals surface area contributed by atoms with E-state index in [9.17, 15) is 4.79 Å². The van der Waals surface area contributed by atoms with Gasteiger partial charge in [-0.3, -0.25) is 4.79 Å². The van der Waals surface area contributed by atoms with Crippen LogP contribution in [0.15, 0.2) is 30.3 Å². The fourth-order valence-electron chi connectivity index (χ4n) is 2.20. The topological polar surface area (TPSA) is 53.6 Å². The molecular weight excluding hydrogens is 254 g/mol. The lowest BCUT2D eigenvalue weighted by Crippen LogP contribution is -2.51. The number of amides is 1. The number of para-hydroxylation sites is 1. The number of anilines is 1. The third-order valence-corrected chi connectivity index (χ3v) is 3.40. The molecule has 1 heterocycles. The Kier molecular flexibility index (Phi) is 5.83. The Labute approximate surface area is 120 Å². The zero-order chi connectivity index (χ0) is 14.2. The maximum atomic E-state index is 11.8. The first-order chi connectivity index (χ1) is 9.77. The second-order valence-corrected chi connectivity index (χ2v) is 4.98. The minimum absolute atomic E-state index is 0.0343. The number of hydrogen-bond donors (Lipinski definition) is 2. The lowest BCUT2D eigenvalue weighted by atomic mass is 10.2. The number of nitrogens with one attached hydrogen (secondary N) is 2. The van der Waals surface area contributed by atoms with E-state index in [-0.39, 0.29) is 11.9 Å². The van der Waals surface area contributed by atoms with Gasteiger partial charge in [-0.05, 0) is 18.6 Å². The van der Waals surface area contributed by atoms with E-state index in [1.165, 1.54) is 5.69 Å². The third kappa shape index (κ3) is 4.51. The molecule has 0 spiro atoms. The first kappa shape index (κ1) is 14.8. The van der Waals surface area contributed by atoms with Crippen LogP contribution in [0.1, 0.15) is 6.42 Å². The van der Waals surface area contributed by atoms with Crippen molar-refractivity contribution in [1.29, 1.82) is 0 Å². The van der Waals surface area contributed by atoms with E-state index in [0.717, 1.165) is 19.5 Å². The van der Waals surface area contributed by atoms with Gasteiger partial charge in [-0.25, -0.2) is 0 Å². The fraction of sp³-hybridized carbons (Fsp3) is 0.533. The Morgan fingerprint density at radius 2 is 2.25 bits per heavy atom. The van der Waals surface area contributed by atoms with Crippen molar-refractivity contribution in [1.82, 2.24) is 10.6 Å². The molecule has 2 rings (SSSR count). The number of benzene rings is 1. The van der Waals surface area contributed by atoms with Crippen LogP contribution in [0.25, 0.3) is 0 Å². The molecule has 2 N–H and O–H groups in total. The number of rotatable bonds is 6. The third-order valence-electron chi connectivity index (χ3n) is 3.40. The Morgan fingerprint density at radius 1 is 1.45 bits per heavy atom. The molecule has 1 fully saturated rings. The average Bonchev–Trinajstić information content (AvgIpc) is 2.53. The molecule has 1 aliphatic rings. The van der Waals surface area contributed by atoms with Gasteiger partial charge in [-0.1, -0.05) is 18.2 Å². The molecule has 1 saturated heterocycles. The van der Waals surface area contributed by atoms with Gasteiger partial charge in [0.15, 0.2) is 0 Å². The number of carbonyl (C=O) groups excluding carboxylic acids is 1. The van der Waals surface area contributed by atoms with Crippen LogP contribution in [0.3, 0.4) is 0 Å². The first-order valence-electron chi connectivity index (χ1n) is 7.12. The van der Waals surface area contributed by atoms with Gasteiger partial charge < -0.3 is 20.3 Å². The summed E-state index contributed by atoms with van der Waals surface area (Å²) in [6.07, 6.45) is 0.921. The van der Waals surface area contributed by atoms with Crippen molar-refractivity contribution in [3.63, 3.8) is 0 Å². The molecule has 1 atom stereocenters. The molecule has 5 nitrogen and oxygen atoms in total. The summed E-state index contributed by atoms with van der Waals surface area (Å²) in [7, 11) is 2.06. The monoisotopic (exact) mass is 277 g/mol. The highest BCUT2D eigenvalue weighted by molar-refractivity contribution is 5.81. The van der Waals surface area contributed by atoms with Crippen LogP contribution in [0.2, 0.25) is 0 Å². The lowest BCUT2D eigenvalue weighted by Gasteiger charge is -2.23. The minimum Gasteiger partial charge on any atom is -0.378 e. The van der Waals surface area contributed by atoms with E-state index in [4.69, 9.17) is 4.74 Å². The highest BCUT2D eigenvalue weighted by Gasteiger charge is 2.20. The van der Waals surface area contributed by atoms with Crippen molar-refractivity contribution < 1.29 is 9.53 Å². The Balaban J connectivity index is 1.62. The smallest absolute Gasteiger partial charge is 0.239 e. The van der Waals surface area contributed by atoms with Crippen molar-refractivity contribution in [3.8, 4) is 0 Å². The van der Waals surface area contributed by atoms with Crippen molar-refractivity contribution in [2.24, 2.45) is 0 Å². The van der Waals surface area contributed by atoms with E-state index in [2.05, 4.69) is 34.7 Å². The molecule has 110 valence electrons. The molecule has 0 saturated carbocycles. The van der Waals surface area contributed by atoms with Crippen LogP contribution < -0.4 is 15.5 Å². The summed E-state index contributed by atoms with van der Waals surface area (Å²) in [5.74, 6) is 0.0343. The van der Waals surface area contributed by atoms with Crippen molar-refractivity contribution in [2.45, 2.75) is 12.5 Å². The van der Waals surface area contributed by atoms with E-state index < -0.39 is 0 Å². The maximum absolute atomic E-state index is 11.8. The van der Waals surface area contributed by atoms with Crippen LogP contribution in [0.5, 0.6) is 0 Å². The Hall–Kier alpha value is -1.59. The van der Waals surface area contributed by atoms with Crippen LogP contribution in [-0.2, 0) is 9.53 Å². The largest absolute Gasteiger partial charge is 0.378 e. The number of carbonyl (C=O) groups is 1. The lowest BCUT2D eigenvalue weighted by molar-refractivity contribution is -0.125. The minimum atomic E-state index is -0.199. The second-order valence-electron chi connectivity index (χ2n) is 4.98. The van der Waals surface area contributed by atoms with Gasteiger partial charge in [0.25, 0.3) is 0 Å². The number of ether oxygens (including phenoxy) is 1. The zero-order valence-electron chi connectivity index (χ0n) is 12.0. The summed E-state index contributed by atoms with van der Waals surface area (Å²) >= 11 is 0. The molecule has 20 heavy (non-hydrogen) atoms. The van der Waals surface area contributed by atoms with Gasteiger partial charge >= 0.3 is 0 Å². The number of morpholine rings is 1. The summed E-state index contributed by atoms with van der Waals surface area (Å²) in [5.41, 5.74) is 1.20. The molecule has 1 unspecified atom stereocenters. The normalized spacial score (nSPS) is 18.6. The zero-order valence-corrected chi connectivity index (χ0v) is 12.0. The maximum Gasteiger partial charge on any atom is 0.239 e. The van der Waals surface area contributed by atoms with Crippen LogP contribution in [-0.4, -0.2) is 51.8 Å². The molecule has 0 radical (unpaired) electrons. The van der Waals surface area contributed by atoms with E-state index in [0.29, 0.717) is 19.8 Å². The quantitative estimate of drug-likeness (QED) is 0.748. The molecule has 1 aromatic carbocycles. The van der Waals surface area contributed by atoms with E-state index in [1.807, 2.05) is 18.2 Å². The average molecular weight is 277 g/mol. The van der Waals surface area contributed by atoms with Gasteiger partial charge in [0.05, 0.1) is 13.2 Å². The molecule has 1 amide bonds. The second kappa shape index (κ2) is 7.87. The van der Waals surface area contributed by atoms with Crippen LogP contribution >= 0.6 is 0 Å². The number of nitrogens with zero attached hydrogens (tertiary/aromatic N) is 1. The van der Waals surface area contributed by atoms with Gasteiger partial charge in [0.1, 0.15) is 6.04 Å². The molecule has 0 aliphatic carbocycles. The Bertz CT molecular complexity index is 405. The predicted molar refractivity (Wildman–Crippen MR) is 79.9 cm³/mol. The van der Waals surface area contributed by atoms with Crippen LogP contribution in [0.4, 0.5) is 5.69 Å². The van der Waals surface area contributed by atoms with Crippen molar-refractivity contribution in [3.05, 3.63) is 30.3 Å². The highest BCUT2D eigenvalue weighted by Crippen LogP contribution is 2.10. The SMILES string of the molecule is CN(CCCNC(=O)C1COCCN1)c1ccccc1. The molecule has 5 heteroatoms. The number of hydrogen-bond acceptors (Lipinski definition) is 4. The summed E-state index contributed by atoms with van der Waals surface area (Å²) in [6.45, 7) is 3.50. The van der Waals surface area contributed by atoms with Gasteiger partial charge in [-0.15, -0.1) is 0 Å². The summed E-state index contributed by atoms with van der Waals surface area (Å²) < 4.78 is 5.27. The predicted octanol–water partition coefficient (Wildman–Crippen LogP) is 0.618. The molecule has 0 aromatic heterocycles. The first-order valence-corrected chi connectivity index (χ1v) is 7.12. The summed E-state index contributed by atoms with van der Waals surface area (Å²) in [5, 5.41) is 6.10. The van der Waals surface area contributed by atoms with Gasteiger partial charge in [0.2, 0.25) is 5.91 Å². The summed E-state index contributed by atoms with van der Waals surface area (Å²) in [6, 6.07) is 10.0. The van der Waals surface area contributed by atoms with E-state index >= 15 is 0 Å². The fourth-order valence-corrected chi connectivity index (χ4v) is 2.20. The van der Waals surface area contributed by atoms with Crippen molar-refractivity contribution in [2.75, 3.05) is 44.8 Å². The van der Waals surface area contributed by atoms with Gasteiger partial charge in [-0.2, -0.15) is 0 Å².